The van der Waals surface area contributed by atoms with Crippen LogP contribution >= 0.6 is 0 Å². The summed E-state index contributed by atoms with van der Waals surface area (Å²) in [7, 11) is 4.92. The minimum Gasteiger partial charge on any atom is -0.496 e. The van der Waals surface area contributed by atoms with Gasteiger partial charge in [0.15, 0.2) is 0 Å². The SMILES string of the molecule is COc1cc(-c2cn(C)c(=O)c3cnccc23)cc(OC)c1CCCCc1cccc2c1C(=O)N(C1CCC(=O)NC1=O)C2=O. The Bertz CT molecular complexity index is 1920. The largest absolute Gasteiger partial charge is 0.496 e. The second-order valence-corrected chi connectivity index (χ2v) is 11.2. The van der Waals surface area contributed by atoms with E-state index >= 15 is 0 Å². The lowest BCUT2D eigenvalue weighted by Gasteiger charge is -2.27. The van der Waals surface area contributed by atoms with Crippen LogP contribution in [0.5, 0.6) is 11.5 Å². The molecule has 0 spiro atoms. The number of carbonyl (C=O) groups is 4. The maximum absolute atomic E-state index is 13.4. The summed E-state index contributed by atoms with van der Waals surface area (Å²) in [5.41, 5.74) is 3.80. The lowest BCUT2D eigenvalue weighted by atomic mass is 9.95. The van der Waals surface area contributed by atoms with E-state index in [9.17, 15) is 24.0 Å². The Morgan fingerprint density at radius 1 is 0.911 bits per heavy atom. The number of pyridine rings is 2. The molecule has 1 unspecified atom stereocenters. The summed E-state index contributed by atoms with van der Waals surface area (Å²) in [6, 6.07) is 9.89. The zero-order valence-electron chi connectivity index (χ0n) is 25.2. The van der Waals surface area contributed by atoms with Crippen LogP contribution in [0.15, 0.2) is 59.8 Å². The summed E-state index contributed by atoms with van der Waals surface area (Å²) in [4.78, 5) is 68.4. The molecule has 1 N–H and O–H groups in total. The standard InChI is InChI=1S/C34H32N4O7/c1-37-18-25(21-13-14-35-17-24(21)32(37)41)20-15-27(44-2)22(28(16-20)45-3)9-5-4-7-19-8-6-10-23-30(19)34(43)38(33(23)42)26-11-12-29(39)36-31(26)40/h6,8,10,13-18,26H,4-5,7,9,11-12H2,1-3H3,(H,36,39,40). The number of ether oxygens (including phenoxy) is 2. The molecule has 4 amide bonds. The van der Waals surface area contributed by atoms with Crippen LogP contribution in [0.3, 0.4) is 0 Å². The summed E-state index contributed by atoms with van der Waals surface area (Å²) in [5.74, 6) is -0.736. The number of amides is 4. The Morgan fingerprint density at radius 3 is 2.36 bits per heavy atom. The highest BCUT2D eigenvalue weighted by atomic mass is 16.5. The number of nitrogens with one attached hydrogen (secondary N) is 1. The topological polar surface area (TPSA) is 137 Å². The molecule has 2 aliphatic rings. The third-order valence-corrected chi connectivity index (χ3v) is 8.58. The first kappa shape index (κ1) is 29.7. The zero-order valence-corrected chi connectivity index (χ0v) is 25.2. The van der Waals surface area contributed by atoms with Crippen molar-refractivity contribution >= 4 is 34.4 Å². The van der Waals surface area contributed by atoms with Crippen LogP contribution < -0.4 is 20.3 Å². The number of rotatable bonds is 9. The molecule has 4 aromatic rings. The van der Waals surface area contributed by atoms with Gasteiger partial charge in [-0.3, -0.25) is 39.2 Å². The fraction of sp³-hybridized carbons (Fsp3) is 0.294. The van der Waals surface area contributed by atoms with Crippen molar-refractivity contribution in [3.05, 3.63) is 87.6 Å². The van der Waals surface area contributed by atoms with Gasteiger partial charge in [-0.2, -0.15) is 0 Å². The van der Waals surface area contributed by atoms with Gasteiger partial charge in [0.2, 0.25) is 11.8 Å². The molecule has 0 aliphatic carbocycles. The molecule has 0 radical (unpaired) electrons. The van der Waals surface area contributed by atoms with Crippen LogP contribution in [-0.4, -0.2) is 58.3 Å². The third kappa shape index (κ3) is 5.24. The summed E-state index contributed by atoms with van der Waals surface area (Å²) in [6.07, 6.45) is 7.85. The van der Waals surface area contributed by atoms with E-state index in [1.807, 2.05) is 24.3 Å². The fourth-order valence-corrected chi connectivity index (χ4v) is 6.34. The smallest absolute Gasteiger partial charge is 0.262 e. The van der Waals surface area contributed by atoms with Crippen molar-refractivity contribution in [3.63, 3.8) is 0 Å². The number of aryl methyl sites for hydroxylation is 2. The average molecular weight is 609 g/mol. The summed E-state index contributed by atoms with van der Waals surface area (Å²) < 4.78 is 13.1. The van der Waals surface area contributed by atoms with Gasteiger partial charge in [0.05, 0.1) is 30.7 Å². The van der Waals surface area contributed by atoms with Gasteiger partial charge < -0.3 is 14.0 Å². The predicted octanol–water partition coefficient (Wildman–Crippen LogP) is 3.58. The molecule has 230 valence electrons. The molecular weight excluding hydrogens is 576 g/mol. The molecule has 1 saturated heterocycles. The Kier molecular flexibility index (Phi) is 7.92. The highest BCUT2D eigenvalue weighted by molar-refractivity contribution is 6.24. The van der Waals surface area contributed by atoms with E-state index in [0.717, 1.165) is 39.0 Å². The van der Waals surface area contributed by atoms with Gasteiger partial charge in [0.25, 0.3) is 17.4 Å². The number of nitrogens with zero attached hydrogens (tertiary/aromatic N) is 3. The maximum Gasteiger partial charge on any atom is 0.262 e. The number of methoxy groups -OCH3 is 2. The number of hydrogen-bond donors (Lipinski definition) is 1. The number of unbranched alkanes of at least 4 members (excludes halogenated alkanes) is 1. The van der Waals surface area contributed by atoms with E-state index in [-0.39, 0.29) is 24.0 Å². The van der Waals surface area contributed by atoms with Crippen LogP contribution in [0.1, 0.15) is 57.5 Å². The molecule has 2 aromatic carbocycles. The van der Waals surface area contributed by atoms with E-state index in [0.29, 0.717) is 41.7 Å². The molecule has 1 atom stereocenters. The van der Waals surface area contributed by atoms with E-state index in [4.69, 9.17) is 9.47 Å². The van der Waals surface area contributed by atoms with Gasteiger partial charge in [-0.05, 0) is 72.9 Å². The van der Waals surface area contributed by atoms with Gasteiger partial charge in [-0.15, -0.1) is 0 Å². The minimum atomic E-state index is -0.999. The van der Waals surface area contributed by atoms with Crippen molar-refractivity contribution in [2.24, 2.45) is 7.05 Å². The molecular formula is C34H32N4O7. The highest BCUT2D eigenvalue weighted by Gasteiger charge is 2.45. The van der Waals surface area contributed by atoms with Crippen molar-refractivity contribution in [2.45, 2.75) is 44.6 Å². The molecule has 11 nitrogen and oxygen atoms in total. The Morgan fingerprint density at radius 2 is 1.64 bits per heavy atom. The second-order valence-electron chi connectivity index (χ2n) is 11.2. The van der Waals surface area contributed by atoms with Gasteiger partial charge in [0, 0.05) is 43.2 Å². The van der Waals surface area contributed by atoms with Crippen LogP contribution in [-0.2, 0) is 29.5 Å². The summed E-state index contributed by atoms with van der Waals surface area (Å²) in [6.45, 7) is 0. The van der Waals surface area contributed by atoms with Crippen LogP contribution in [0.4, 0.5) is 0 Å². The normalized spacial score (nSPS) is 16.2. The fourth-order valence-electron chi connectivity index (χ4n) is 6.34. The van der Waals surface area contributed by atoms with Crippen LogP contribution in [0.2, 0.25) is 0 Å². The molecule has 0 saturated carbocycles. The van der Waals surface area contributed by atoms with E-state index in [1.54, 1.807) is 52.0 Å². The van der Waals surface area contributed by atoms with Gasteiger partial charge in [-0.25, -0.2) is 0 Å². The summed E-state index contributed by atoms with van der Waals surface area (Å²) >= 11 is 0. The Balaban J connectivity index is 1.21. The van der Waals surface area contributed by atoms with Crippen molar-refractivity contribution in [3.8, 4) is 22.6 Å². The molecule has 2 aromatic heterocycles. The molecule has 11 heteroatoms. The van der Waals surface area contributed by atoms with Crippen molar-refractivity contribution in [1.82, 2.24) is 19.8 Å². The lowest BCUT2D eigenvalue weighted by molar-refractivity contribution is -0.136. The first-order valence-electron chi connectivity index (χ1n) is 14.8. The molecule has 4 heterocycles. The van der Waals surface area contributed by atoms with E-state index < -0.39 is 29.7 Å². The van der Waals surface area contributed by atoms with E-state index in [1.165, 1.54) is 4.57 Å². The van der Waals surface area contributed by atoms with Gasteiger partial charge in [-0.1, -0.05) is 12.1 Å². The number of hydrogen-bond acceptors (Lipinski definition) is 8. The van der Waals surface area contributed by atoms with Crippen molar-refractivity contribution in [2.75, 3.05) is 14.2 Å². The van der Waals surface area contributed by atoms with E-state index in [2.05, 4.69) is 10.3 Å². The number of benzene rings is 2. The minimum absolute atomic E-state index is 0.0731. The molecule has 0 bridgehead atoms. The Labute approximate surface area is 258 Å². The quantitative estimate of drug-likeness (QED) is 0.225. The number of aromatic nitrogens is 2. The molecule has 45 heavy (non-hydrogen) atoms. The predicted molar refractivity (Wildman–Crippen MR) is 165 cm³/mol. The first-order valence-corrected chi connectivity index (χ1v) is 14.8. The third-order valence-electron chi connectivity index (χ3n) is 8.58. The first-order chi connectivity index (χ1) is 21.7. The zero-order chi connectivity index (χ0) is 31.8. The average Bonchev–Trinajstić information content (AvgIpc) is 3.30. The molecule has 2 aliphatic heterocycles. The highest BCUT2D eigenvalue weighted by Crippen LogP contribution is 2.38. The van der Waals surface area contributed by atoms with Crippen LogP contribution in [0.25, 0.3) is 21.9 Å². The van der Waals surface area contributed by atoms with Gasteiger partial charge >= 0.3 is 0 Å². The number of imide groups is 2. The van der Waals surface area contributed by atoms with Crippen LogP contribution in [0, 0.1) is 0 Å². The molecule has 6 rings (SSSR count). The van der Waals surface area contributed by atoms with Gasteiger partial charge in [0.1, 0.15) is 17.5 Å². The lowest BCUT2D eigenvalue weighted by Crippen LogP contribution is -2.54. The summed E-state index contributed by atoms with van der Waals surface area (Å²) in [5, 5.41) is 3.53. The number of carbonyl (C=O) groups excluding carboxylic acids is 4. The molecule has 1 fully saturated rings. The Hall–Kier alpha value is -5.32. The van der Waals surface area contributed by atoms with Crippen molar-refractivity contribution < 1.29 is 28.7 Å². The number of piperidine rings is 1. The number of fused-ring (bicyclic) bond motifs is 2. The second kappa shape index (κ2) is 12.0. The monoisotopic (exact) mass is 608 g/mol. The van der Waals surface area contributed by atoms with Crippen molar-refractivity contribution in [1.29, 1.82) is 0 Å². The maximum atomic E-state index is 13.4.